The number of carbonyl (C=O) groups is 1. The Balaban J connectivity index is 1.88. The van der Waals surface area contributed by atoms with E-state index in [-0.39, 0.29) is 29.2 Å². The van der Waals surface area contributed by atoms with Gasteiger partial charge in [0, 0.05) is 44.0 Å². The third kappa shape index (κ3) is 7.60. The number of carbonyl (C=O) groups excluding carboxylic acids is 1. The number of ether oxygens (including phenoxy) is 2. The Hall–Kier alpha value is -2.78. The molecule has 1 aliphatic rings. The average Bonchev–Trinajstić information content (AvgIpc) is 2.82. The van der Waals surface area contributed by atoms with E-state index in [0.717, 1.165) is 42.1 Å². The number of anilines is 1. The number of methoxy groups -OCH3 is 2. The largest absolute Gasteiger partial charge is 0.387 e. The van der Waals surface area contributed by atoms with E-state index in [0.29, 0.717) is 37.8 Å². The average molecular weight is 485 g/mol. The number of hydrogen-bond donors (Lipinski definition) is 3. The van der Waals surface area contributed by atoms with Crippen LogP contribution in [0.2, 0.25) is 0 Å². The Labute approximate surface area is 208 Å². The lowest BCUT2D eigenvalue weighted by molar-refractivity contribution is 0.0839. The third-order valence-corrected chi connectivity index (χ3v) is 6.26. The van der Waals surface area contributed by atoms with Crippen molar-refractivity contribution in [2.75, 3.05) is 39.3 Å². The van der Waals surface area contributed by atoms with Gasteiger partial charge in [0.1, 0.15) is 5.82 Å². The molecule has 0 unspecified atom stereocenters. The topological polar surface area (TPSA) is 124 Å². The van der Waals surface area contributed by atoms with Crippen molar-refractivity contribution in [1.29, 1.82) is 0 Å². The number of rotatable bonds is 11. The molecule has 9 heteroatoms. The molecule has 0 saturated heterocycles. The molecule has 0 aliphatic heterocycles. The highest BCUT2D eigenvalue weighted by Crippen LogP contribution is 2.28. The molecule has 0 spiro atoms. The van der Waals surface area contributed by atoms with Crippen molar-refractivity contribution in [3.8, 4) is 0 Å². The van der Waals surface area contributed by atoms with Gasteiger partial charge >= 0.3 is 0 Å². The Morgan fingerprint density at radius 3 is 2.71 bits per heavy atom. The van der Waals surface area contributed by atoms with E-state index >= 15 is 0 Å². The van der Waals surface area contributed by atoms with Crippen molar-refractivity contribution >= 4 is 28.5 Å². The molecule has 192 valence electrons. The number of aromatic nitrogens is 2. The van der Waals surface area contributed by atoms with Gasteiger partial charge in [0.05, 0.1) is 30.6 Å². The third-order valence-electron chi connectivity index (χ3n) is 6.26. The molecule has 2 aromatic rings. The first kappa shape index (κ1) is 26.8. The number of hydrogen-bond acceptors (Lipinski definition) is 7. The summed E-state index contributed by atoms with van der Waals surface area (Å²) in [4.78, 5) is 27.0. The van der Waals surface area contributed by atoms with E-state index in [1.165, 1.54) is 0 Å². The summed E-state index contributed by atoms with van der Waals surface area (Å²) in [5, 5.41) is 7.46. The maximum absolute atomic E-state index is 13.0. The molecule has 1 fully saturated rings. The SMILES string of the molecule is COCCC(N)=N[C@@H]1CCCC[C@@H]1Nc1nc(C(=O)NCC(C)(C)COC)nc2ccc(C)cc12. The molecular formula is C26H40N6O3. The van der Waals surface area contributed by atoms with Crippen LogP contribution >= 0.6 is 0 Å². The van der Waals surface area contributed by atoms with Crippen LogP contribution in [0.1, 0.15) is 62.1 Å². The first-order valence-corrected chi connectivity index (χ1v) is 12.4. The van der Waals surface area contributed by atoms with Crippen molar-refractivity contribution in [3.05, 3.63) is 29.6 Å². The summed E-state index contributed by atoms with van der Waals surface area (Å²) >= 11 is 0. The lowest BCUT2D eigenvalue weighted by Gasteiger charge is -2.30. The van der Waals surface area contributed by atoms with E-state index in [1.54, 1.807) is 14.2 Å². The molecule has 1 aromatic carbocycles. The summed E-state index contributed by atoms with van der Waals surface area (Å²) in [7, 11) is 3.32. The monoisotopic (exact) mass is 484 g/mol. The number of fused-ring (bicyclic) bond motifs is 1. The number of amides is 1. The maximum Gasteiger partial charge on any atom is 0.289 e. The first-order chi connectivity index (χ1) is 16.7. The van der Waals surface area contributed by atoms with Crippen LogP contribution in [-0.4, -0.2) is 67.8 Å². The summed E-state index contributed by atoms with van der Waals surface area (Å²) in [6.45, 7) is 7.65. The van der Waals surface area contributed by atoms with Gasteiger partial charge in [-0.3, -0.25) is 9.79 Å². The highest BCUT2D eigenvalue weighted by Gasteiger charge is 2.27. The van der Waals surface area contributed by atoms with Gasteiger partial charge in [0.15, 0.2) is 0 Å². The van der Waals surface area contributed by atoms with Gasteiger partial charge in [-0.2, -0.15) is 0 Å². The molecule has 0 radical (unpaired) electrons. The molecule has 1 aliphatic carbocycles. The molecule has 1 saturated carbocycles. The van der Waals surface area contributed by atoms with Crippen LogP contribution in [0.5, 0.6) is 0 Å². The summed E-state index contributed by atoms with van der Waals surface area (Å²) in [5.74, 6) is 1.10. The molecule has 35 heavy (non-hydrogen) atoms. The predicted molar refractivity (Wildman–Crippen MR) is 140 cm³/mol. The number of nitrogens with two attached hydrogens (primary N) is 1. The summed E-state index contributed by atoms with van der Waals surface area (Å²) in [6.07, 6.45) is 4.73. The van der Waals surface area contributed by atoms with Crippen LogP contribution in [0.25, 0.3) is 10.9 Å². The van der Waals surface area contributed by atoms with Crippen molar-refractivity contribution in [1.82, 2.24) is 15.3 Å². The van der Waals surface area contributed by atoms with Crippen molar-refractivity contribution in [2.24, 2.45) is 16.1 Å². The number of benzene rings is 1. The van der Waals surface area contributed by atoms with Crippen LogP contribution in [0.3, 0.4) is 0 Å². The highest BCUT2D eigenvalue weighted by atomic mass is 16.5. The fraction of sp³-hybridized carbons (Fsp3) is 0.615. The highest BCUT2D eigenvalue weighted by molar-refractivity contribution is 5.96. The number of nitrogens with one attached hydrogen (secondary N) is 2. The molecule has 2 atom stereocenters. The minimum Gasteiger partial charge on any atom is -0.387 e. The second kappa shape index (κ2) is 12.3. The van der Waals surface area contributed by atoms with Crippen LogP contribution in [-0.2, 0) is 9.47 Å². The Bertz CT molecular complexity index is 1040. The van der Waals surface area contributed by atoms with Gasteiger partial charge in [-0.15, -0.1) is 0 Å². The van der Waals surface area contributed by atoms with Gasteiger partial charge in [-0.05, 0) is 31.9 Å². The molecule has 0 bridgehead atoms. The van der Waals surface area contributed by atoms with E-state index < -0.39 is 0 Å². The van der Waals surface area contributed by atoms with Gasteiger partial charge < -0.3 is 25.8 Å². The van der Waals surface area contributed by atoms with E-state index in [1.807, 2.05) is 32.9 Å². The zero-order valence-electron chi connectivity index (χ0n) is 21.7. The van der Waals surface area contributed by atoms with Crippen LogP contribution in [0, 0.1) is 12.3 Å². The molecule has 3 rings (SSSR count). The Kier molecular flexibility index (Phi) is 9.40. The smallest absolute Gasteiger partial charge is 0.289 e. The normalized spacial score (nSPS) is 19.1. The van der Waals surface area contributed by atoms with Crippen molar-refractivity contribution < 1.29 is 14.3 Å². The molecule has 1 heterocycles. The maximum atomic E-state index is 13.0. The van der Waals surface area contributed by atoms with E-state index in [9.17, 15) is 4.79 Å². The standard InChI is InChI=1S/C26H40N6O3/c1-17-10-11-19-18(14-17)23(32-24(30-19)25(33)28-15-26(2,3)16-35-5)31-21-9-7-6-8-20(21)29-22(27)12-13-34-4/h10-11,14,20-21H,6-9,12-13,15-16H2,1-5H3,(H2,27,29)(H,28,33)(H,30,31,32)/t20-,21+/m1/s1. The van der Waals surface area contributed by atoms with Gasteiger partial charge in [-0.1, -0.05) is 38.3 Å². The second-order valence-corrected chi connectivity index (χ2v) is 10.2. The fourth-order valence-corrected chi connectivity index (χ4v) is 4.39. The molecule has 1 amide bonds. The molecular weight excluding hydrogens is 444 g/mol. The number of amidine groups is 1. The molecule has 9 nitrogen and oxygen atoms in total. The lowest BCUT2D eigenvalue weighted by atomic mass is 9.90. The van der Waals surface area contributed by atoms with E-state index in [2.05, 4.69) is 26.7 Å². The Morgan fingerprint density at radius 2 is 1.97 bits per heavy atom. The van der Waals surface area contributed by atoms with Gasteiger partial charge in [-0.25, -0.2) is 9.97 Å². The van der Waals surface area contributed by atoms with Gasteiger partial charge in [0.2, 0.25) is 5.82 Å². The zero-order chi connectivity index (χ0) is 25.4. The van der Waals surface area contributed by atoms with Crippen LogP contribution < -0.4 is 16.4 Å². The lowest BCUT2D eigenvalue weighted by Crippen LogP contribution is -2.38. The fourth-order valence-electron chi connectivity index (χ4n) is 4.39. The van der Waals surface area contributed by atoms with Crippen molar-refractivity contribution in [3.63, 3.8) is 0 Å². The van der Waals surface area contributed by atoms with Crippen LogP contribution in [0.4, 0.5) is 5.82 Å². The minimum absolute atomic E-state index is 0.0440. The van der Waals surface area contributed by atoms with Crippen molar-refractivity contribution in [2.45, 2.75) is 65.0 Å². The molecule has 1 aromatic heterocycles. The van der Waals surface area contributed by atoms with E-state index in [4.69, 9.17) is 20.2 Å². The quantitative estimate of drug-likeness (QED) is 0.330. The number of aliphatic imine (C=N–C) groups is 1. The summed E-state index contributed by atoms with van der Waals surface area (Å²) < 4.78 is 10.4. The Morgan fingerprint density at radius 1 is 1.20 bits per heavy atom. The number of nitrogens with zero attached hydrogens (tertiary/aromatic N) is 3. The molecule has 4 N–H and O–H groups in total. The zero-order valence-corrected chi connectivity index (χ0v) is 21.7. The van der Waals surface area contributed by atoms with Crippen LogP contribution in [0.15, 0.2) is 23.2 Å². The number of aryl methyl sites for hydroxylation is 1. The predicted octanol–water partition coefficient (Wildman–Crippen LogP) is 3.46. The first-order valence-electron chi connectivity index (χ1n) is 12.4. The van der Waals surface area contributed by atoms with Gasteiger partial charge in [0.25, 0.3) is 5.91 Å². The summed E-state index contributed by atoms with van der Waals surface area (Å²) in [5.41, 5.74) is 7.79. The second-order valence-electron chi connectivity index (χ2n) is 10.2. The minimum atomic E-state index is -0.304. The summed E-state index contributed by atoms with van der Waals surface area (Å²) in [6, 6.07) is 6.09.